The summed E-state index contributed by atoms with van der Waals surface area (Å²) in [5, 5.41) is 11.3. The van der Waals surface area contributed by atoms with Crippen molar-refractivity contribution < 1.29 is 9.59 Å². The van der Waals surface area contributed by atoms with Crippen molar-refractivity contribution in [1.82, 2.24) is 24.8 Å². The third kappa shape index (κ3) is 3.24. The van der Waals surface area contributed by atoms with E-state index >= 15 is 0 Å². The van der Waals surface area contributed by atoms with Gasteiger partial charge in [0.1, 0.15) is 11.9 Å². The summed E-state index contributed by atoms with van der Waals surface area (Å²) in [5.41, 5.74) is 2.45. The van der Waals surface area contributed by atoms with Crippen molar-refractivity contribution in [1.29, 1.82) is 0 Å². The van der Waals surface area contributed by atoms with Crippen LogP contribution in [0.2, 0.25) is 0 Å². The molecule has 0 radical (unpaired) electrons. The number of carbonyl (C=O) groups excluding carboxylic acids is 2. The minimum atomic E-state index is -0.505. The molecule has 1 aliphatic rings. The van der Waals surface area contributed by atoms with Crippen LogP contribution in [-0.4, -0.2) is 43.9 Å². The molecule has 2 amide bonds. The number of carbonyl (C=O) groups is 2. The van der Waals surface area contributed by atoms with E-state index in [2.05, 4.69) is 15.5 Å². The molecule has 0 saturated carbocycles. The molecular weight excluding hydrogens is 354 g/mol. The number of amides is 2. The van der Waals surface area contributed by atoms with E-state index in [1.807, 2.05) is 66.9 Å². The molecule has 1 N–H and O–H groups in total. The van der Waals surface area contributed by atoms with E-state index in [0.717, 1.165) is 17.0 Å². The Morgan fingerprint density at radius 1 is 1.14 bits per heavy atom. The molecule has 28 heavy (non-hydrogen) atoms. The zero-order chi connectivity index (χ0) is 19.7. The van der Waals surface area contributed by atoms with Crippen molar-refractivity contribution >= 4 is 17.5 Å². The number of benzene rings is 1. The Morgan fingerprint density at radius 3 is 2.71 bits per heavy atom. The fourth-order valence-electron chi connectivity index (χ4n) is 3.77. The molecule has 4 rings (SSSR count). The molecule has 1 aliphatic heterocycles. The number of rotatable bonds is 6. The topological polar surface area (TPSA) is 79.6 Å². The fraction of sp³-hybridized carbons (Fsp3) is 0.333. The molecule has 0 bridgehead atoms. The lowest BCUT2D eigenvalue weighted by Crippen LogP contribution is -2.50. The molecule has 2 aromatic heterocycles. The van der Waals surface area contributed by atoms with E-state index in [1.54, 1.807) is 4.90 Å². The highest BCUT2D eigenvalue weighted by atomic mass is 16.2. The second-order valence-corrected chi connectivity index (χ2v) is 7.37. The third-order valence-corrected chi connectivity index (χ3v) is 5.12. The van der Waals surface area contributed by atoms with E-state index in [9.17, 15) is 9.59 Å². The first-order valence-corrected chi connectivity index (χ1v) is 9.51. The van der Waals surface area contributed by atoms with Crippen LogP contribution in [0.15, 0.2) is 48.7 Å². The van der Waals surface area contributed by atoms with Crippen molar-refractivity contribution in [3.05, 3.63) is 65.6 Å². The molecule has 3 aromatic rings. The van der Waals surface area contributed by atoms with Crippen LogP contribution in [0.5, 0.6) is 0 Å². The van der Waals surface area contributed by atoms with Gasteiger partial charge in [0.25, 0.3) is 5.91 Å². The summed E-state index contributed by atoms with van der Waals surface area (Å²) in [6.07, 6.45) is 2.47. The average molecular weight is 377 g/mol. The molecule has 144 valence electrons. The first-order chi connectivity index (χ1) is 13.6. The van der Waals surface area contributed by atoms with E-state index in [1.165, 1.54) is 0 Å². The van der Waals surface area contributed by atoms with Crippen LogP contribution in [0, 0.1) is 5.92 Å². The van der Waals surface area contributed by atoms with Crippen LogP contribution < -0.4 is 5.32 Å². The summed E-state index contributed by atoms with van der Waals surface area (Å²) in [6, 6.07) is 12.8. The van der Waals surface area contributed by atoms with Gasteiger partial charge in [0.05, 0.1) is 0 Å². The van der Waals surface area contributed by atoms with Crippen LogP contribution in [0.3, 0.4) is 0 Å². The van der Waals surface area contributed by atoms with Crippen molar-refractivity contribution in [2.24, 2.45) is 5.92 Å². The summed E-state index contributed by atoms with van der Waals surface area (Å²) in [5.74, 6) is 0.590. The Balaban J connectivity index is 1.43. The van der Waals surface area contributed by atoms with Gasteiger partial charge in [-0.3, -0.25) is 14.0 Å². The summed E-state index contributed by atoms with van der Waals surface area (Å²) in [7, 11) is 0. The zero-order valence-corrected chi connectivity index (χ0v) is 16.0. The predicted molar refractivity (Wildman–Crippen MR) is 105 cm³/mol. The number of nitrogens with one attached hydrogen (secondary N) is 1. The van der Waals surface area contributed by atoms with Crippen LogP contribution >= 0.6 is 0 Å². The van der Waals surface area contributed by atoms with Crippen LogP contribution in [0.25, 0.3) is 5.65 Å². The van der Waals surface area contributed by atoms with Gasteiger partial charge in [-0.05, 0) is 29.7 Å². The van der Waals surface area contributed by atoms with Gasteiger partial charge in [0.2, 0.25) is 5.91 Å². The lowest BCUT2D eigenvalue weighted by Gasteiger charge is -2.29. The van der Waals surface area contributed by atoms with Gasteiger partial charge in [0, 0.05) is 31.3 Å². The highest BCUT2D eigenvalue weighted by Crippen LogP contribution is 2.27. The average Bonchev–Trinajstić information content (AvgIpc) is 3.24. The summed E-state index contributed by atoms with van der Waals surface area (Å²) >= 11 is 0. The van der Waals surface area contributed by atoms with E-state index < -0.39 is 6.04 Å². The standard InChI is InChI=1S/C21H23N5O2/c1-14(2)19(26-13-15-7-3-4-8-16(15)21(26)28)20(27)22-11-10-18-24-23-17-9-5-6-12-25(17)18/h3-9,12,14,19H,10-11,13H2,1-2H3,(H,22,27)/t19-/m0/s1. The predicted octanol–water partition coefficient (Wildman–Crippen LogP) is 2.07. The minimum Gasteiger partial charge on any atom is -0.354 e. The van der Waals surface area contributed by atoms with Gasteiger partial charge in [0.15, 0.2) is 5.65 Å². The van der Waals surface area contributed by atoms with Gasteiger partial charge in [-0.25, -0.2) is 0 Å². The van der Waals surface area contributed by atoms with Crippen molar-refractivity contribution in [3.8, 4) is 0 Å². The van der Waals surface area contributed by atoms with Crippen LogP contribution in [-0.2, 0) is 17.8 Å². The first kappa shape index (κ1) is 18.2. The quantitative estimate of drug-likeness (QED) is 0.713. The van der Waals surface area contributed by atoms with Gasteiger partial charge in [-0.2, -0.15) is 0 Å². The van der Waals surface area contributed by atoms with Crippen molar-refractivity contribution in [3.63, 3.8) is 0 Å². The molecule has 0 aliphatic carbocycles. The molecule has 1 atom stereocenters. The number of pyridine rings is 1. The first-order valence-electron chi connectivity index (χ1n) is 9.51. The van der Waals surface area contributed by atoms with Crippen LogP contribution in [0.1, 0.15) is 35.6 Å². The molecule has 0 saturated heterocycles. The Morgan fingerprint density at radius 2 is 1.93 bits per heavy atom. The number of nitrogens with zero attached hydrogens (tertiary/aromatic N) is 4. The maximum atomic E-state index is 12.9. The Labute approximate surface area is 163 Å². The molecule has 0 spiro atoms. The molecule has 0 unspecified atom stereocenters. The van der Waals surface area contributed by atoms with Crippen molar-refractivity contribution in [2.45, 2.75) is 32.9 Å². The monoisotopic (exact) mass is 377 g/mol. The third-order valence-electron chi connectivity index (χ3n) is 5.12. The number of hydrogen-bond acceptors (Lipinski definition) is 4. The maximum absolute atomic E-state index is 12.9. The second kappa shape index (κ2) is 7.42. The number of hydrogen-bond donors (Lipinski definition) is 1. The molecule has 3 heterocycles. The summed E-state index contributed by atoms with van der Waals surface area (Å²) in [6.45, 7) is 4.84. The van der Waals surface area contributed by atoms with Gasteiger partial charge in [-0.15, -0.1) is 10.2 Å². The fourth-order valence-corrected chi connectivity index (χ4v) is 3.77. The van der Waals surface area contributed by atoms with Crippen molar-refractivity contribution in [2.75, 3.05) is 6.54 Å². The van der Waals surface area contributed by atoms with Gasteiger partial charge < -0.3 is 10.2 Å². The van der Waals surface area contributed by atoms with Gasteiger partial charge >= 0.3 is 0 Å². The summed E-state index contributed by atoms with van der Waals surface area (Å²) in [4.78, 5) is 27.4. The largest absolute Gasteiger partial charge is 0.354 e. The van der Waals surface area contributed by atoms with E-state index in [4.69, 9.17) is 0 Å². The Hall–Kier alpha value is -3.22. The number of fused-ring (bicyclic) bond motifs is 2. The molecular formula is C21H23N5O2. The zero-order valence-electron chi connectivity index (χ0n) is 16.0. The van der Waals surface area contributed by atoms with Crippen LogP contribution in [0.4, 0.5) is 0 Å². The maximum Gasteiger partial charge on any atom is 0.255 e. The minimum absolute atomic E-state index is 0.00665. The SMILES string of the molecule is CC(C)[C@@H](C(=O)NCCc1nnc2ccccn12)N1Cc2ccccc2C1=O. The summed E-state index contributed by atoms with van der Waals surface area (Å²) < 4.78 is 1.91. The molecule has 7 nitrogen and oxygen atoms in total. The highest BCUT2D eigenvalue weighted by molar-refractivity contribution is 6.01. The molecule has 0 fully saturated rings. The smallest absolute Gasteiger partial charge is 0.255 e. The van der Waals surface area contributed by atoms with E-state index in [0.29, 0.717) is 25.1 Å². The molecule has 7 heteroatoms. The lowest BCUT2D eigenvalue weighted by molar-refractivity contribution is -0.127. The highest BCUT2D eigenvalue weighted by Gasteiger charge is 2.37. The van der Waals surface area contributed by atoms with E-state index in [-0.39, 0.29) is 17.7 Å². The lowest BCUT2D eigenvalue weighted by atomic mass is 10.0. The Bertz CT molecular complexity index is 1030. The second-order valence-electron chi connectivity index (χ2n) is 7.37. The number of aromatic nitrogens is 3. The normalized spacial score (nSPS) is 14.5. The van der Waals surface area contributed by atoms with Gasteiger partial charge in [-0.1, -0.05) is 38.1 Å². The molecule has 1 aromatic carbocycles. The Kier molecular flexibility index (Phi) is 4.81.